The van der Waals surface area contributed by atoms with Crippen LogP contribution < -0.4 is 5.32 Å². The number of aliphatic hydroxyl groups is 3. The van der Waals surface area contributed by atoms with Gasteiger partial charge in [0.05, 0.1) is 6.61 Å². The van der Waals surface area contributed by atoms with Crippen LogP contribution >= 0.6 is 0 Å². The predicted octanol–water partition coefficient (Wildman–Crippen LogP) is -1.73. The minimum absolute atomic E-state index is 0.150. The Kier molecular flexibility index (Phi) is 6.34. The first-order valence-corrected chi connectivity index (χ1v) is 6.49. The van der Waals surface area contributed by atoms with Gasteiger partial charge in [0, 0.05) is 13.3 Å². The molecule has 0 saturated carbocycles. The van der Waals surface area contributed by atoms with E-state index in [9.17, 15) is 19.8 Å². The van der Waals surface area contributed by atoms with E-state index in [1.807, 2.05) is 0 Å². The van der Waals surface area contributed by atoms with Gasteiger partial charge >= 0.3 is 5.97 Å². The maximum atomic E-state index is 11.6. The van der Waals surface area contributed by atoms with Crippen LogP contribution in [0, 0.1) is 0 Å². The van der Waals surface area contributed by atoms with Crippen molar-refractivity contribution in [3.05, 3.63) is 0 Å². The zero-order valence-corrected chi connectivity index (χ0v) is 11.5. The fourth-order valence-electron chi connectivity index (χ4n) is 2.03. The van der Waals surface area contributed by atoms with E-state index in [4.69, 9.17) is 14.6 Å². The molecule has 0 bridgehead atoms. The first kappa shape index (κ1) is 16.8. The fraction of sp³-hybridized carbons (Fsp3) is 0.833. The summed E-state index contributed by atoms with van der Waals surface area (Å²) >= 11 is 0. The van der Waals surface area contributed by atoms with Gasteiger partial charge in [-0.15, -0.1) is 0 Å². The molecule has 8 nitrogen and oxygen atoms in total. The lowest BCUT2D eigenvalue weighted by molar-refractivity contribution is -0.258. The molecule has 1 amide bonds. The average Bonchev–Trinajstić information content (AvgIpc) is 2.37. The van der Waals surface area contributed by atoms with Crippen molar-refractivity contribution < 1.29 is 34.4 Å². The van der Waals surface area contributed by atoms with Gasteiger partial charge in [0.15, 0.2) is 12.4 Å². The maximum Gasteiger partial charge on any atom is 0.306 e. The van der Waals surface area contributed by atoms with Crippen molar-refractivity contribution in [3.63, 3.8) is 0 Å². The van der Waals surface area contributed by atoms with E-state index in [0.29, 0.717) is 6.42 Å². The monoisotopic (exact) mass is 291 g/mol. The number of amides is 1. The molecule has 8 heteroatoms. The van der Waals surface area contributed by atoms with Crippen LogP contribution in [-0.4, -0.2) is 64.4 Å². The van der Waals surface area contributed by atoms with E-state index < -0.39 is 49.1 Å². The molecule has 1 fully saturated rings. The van der Waals surface area contributed by atoms with Gasteiger partial charge in [-0.2, -0.15) is 0 Å². The lowest BCUT2D eigenvalue weighted by atomic mass is 9.96. The van der Waals surface area contributed by atoms with Gasteiger partial charge in [-0.05, 0) is 6.42 Å². The van der Waals surface area contributed by atoms with Crippen LogP contribution in [0.5, 0.6) is 0 Å². The molecule has 1 aliphatic rings. The molecule has 0 aromatic heterocycles. The van der Waals surface area contributed by atoms with Gasteiger partial charge in [0.1, 0.15) is 18.2 Å². The summed E-state index contributed by atoms with van der Waals surface area (Å²) in [6.07, 6.45) is -4.39. The summed E-state index contributed by atoms with van der Waals surface area (Å²) in [4.78, 5) is 22.7. The topological polar surface area (TPSA) is 125 Å². The number of carbonyl (C=O) groups excluding carboxylic acids is 2. The largest absolute Gasteiger partial charge is 0.457 e. The average molecular weight is 291 g/mol. The smallest absolute Gasteiger partial charge is 0.306 e. The number of rotatable bonds is 5. The molecule has 0 aliphatic carbocycles. The molecule has 0 radical (unpaired) electrons. The molecular weight excluding hydrogens is 270 g/mol. The van der Waals surface area contributed by atoms with Crippen molar-refractivity contribution in [3.8, 4) is 0 Å². The Labute approximate surface area is 116 Å². The summed E-state index contributed by atoms with van der Waals surface area (Å²) in [5.74, 6) is -1.03. The van der Waals surface area contributed by atoms with E-state index in [-0.39, 0.29) is 6.42 Å². The molecule has 4 N–H and O–H groups in total. The minimum atomic E-state index is -1.49. The zero-order chi connectivity index (χ0) is 15.3. The standard InChI is InChI=1S/C12H21NO7/c1-3-4-8(16)20-11-9(13-6(2)15)12(18)19-7(5-14)10(11)17/h7,9-12,14,17-18H,3-5H2,1-2H3,(H,13,15)/t7?,9?,10-,11+,12?/m0/s1. The zero-order valence-electron chi connectivity index (χ0n) is 11.5. The summed E-state index contributed by atoms with van der Waals surface area (Å²) in [5.41, 5.74) is 0. The normalized spacial score (nSPS) is 33.5. The van der Waals surface area contributed by atoms with Gasteiger partial charge in [-0.25, -0.2) is 0 Å². The second-order valence-electron chi connectivity index (χ2n) is 4.67. The Morgan fingerprint density at radius 2 is 2.00 bits per heavy atom. The third-order valence-electron chi connectivity index (χ3n) is 2.96. The van der Waals surface area contributed by atoms with Crippen LogP contribution in [0.3, 0.4) is 0 Å². The molecule has 1 aliphatic heterocycles. The minimum Gasteiger partial charge on any atom is -0.457 e. The third kappa shape index (κ3) is 4.14. The number of nitrogens with one attached hydrogen (secondary N) is 1. The van der Waals surface area contributed by atoms with Crippen molar-refractivity contribution in [2.75, 3.05) is 6.61 Å². The lowest BCUT2D eigenvalue weighted by Crippen LogP contribution is -2.65. The highest BCUT2D eigenvalue weighted by molar-refractivity contribution is 5.73. The van der Waals surface area contributed by atoms with Crippen LogP contribution in [-0.2, 0) is 19.1 Å². The Hall–Kier alpha value is -1.22. The van der Waals surface area contributed by atoms with E-state index in [2.05, 4.69) is 5.32 Å². The highest BCUT2D eigenvalue weighted by Gasteiger charge is 2.47. The molecule has 116 valence electrons. The van der Waals surface area contributed by atoms with Crippen LogP contribution in [0.2, 0.25) is 0 Å². The summed E-state index contributed by atoms with van der Waals surface area (Å²) in [6.45, 7) is 2.47. The fourth-order valence-corrected chi connectivity index (χ4v) is 2.03. The molecule has 0 aromatic carbocycles. The quantitative estimate of drug-likeness (QED) is 0.444. The predicted molar refractivity (Wildman–Crippen MR) is 66.4 cm³/mol. The number of carbonyl (C=O) groups is 2. The molecular formula is C12H21NO7. The molecule has 1 heterocycles. The summed E-state index contributed by atoms with van der Waals surface area (Å²) in [7, 11) is 0. The van der Waals surface area contributed by atoms with Crippen LogP contribution in [0.1, 0.15) is 26.7 Å². The molecule has 1 saturated heterocycles. The van der Waals surface area contributed by atoms with E-state index in [1.165, 1.54) is 6.92 Å². The SMILES string of the molecule is CCCC(=O)O[C@@H]1C(NC(C)=O)C(O)OC(CO)[C@@H]1O. The highest BCUT2D eigenvalue weighted by atomic mass is 16.6. The van der Waals surface area contributed by atoms with Gasteiger partial charge in [-0.1, -0.05) is 6.92 Å². The van der Waals surface area contributed by atoms with Gasteiger partial charge in [0.25, 0.3) is 0 Å². The van der Waals surface area contributed by atoms with Crippen LogP contribution in [0.15, 0.2) is 0 Å². The lowest BCUT2D eigenvalue weighted by Gasteiger charge is -2.41. The first-order chi connectivity index (χ1) is 9.40. The Bertz CT molecular complexity index is 349. The molecule has 0 spiro atoms. The Balaban J connectivity index is 2.87. The molecule has 1 rings (SSSR count). The summed E-state index contributed by atoms with van der Waals surface area (Å²) in [5, 5.41) is 31.3. The number of hydrogen-bond donors (Lipinski definition) is 4. The second-order valence-corrected chi connectivity index (χ2v) is 4.67. The van der Waals surface area contributed by atoms with Crippen molar-refractivity contribution in [1.29, 1.82) is 0 Å². The first-order valence-electron chi connectivity index (χ1n) is 6.49. The molecule has 0 aromatic rings. The van der Waals surface area contributed by atoms with Gasteiger partial charge in [0.2, 0.25) is 5.91 Å². The second kappa shape index (κ2) is 7.53. The Morgan fingerprint density at radius 3 is 2.50 bits per heavy atom. The van der Waals surface area contributed by atoms with E-state index in [1.54, 1.807) is 6.92 Å². The van der Waals surface area contributed by atoms with E-state index >= 15 is 0 Å². The number of esters is 1. The number of hydrogen-bond acceptors (Lipinski definition) is 7. The number of ether oxygens (including phenoxy) is 2. The summed E-state index contributed by atoms with van der Waals surface area (Å²) < 4.78 is 10.1. The molecule has 5 atom stereocenters. The van der Waals surface area contributed by atoms with Crippen molar-refractivity contribution in [1.82, 2.24) is 5.32 Å². The molecule has 3 unspecified atom stereocenters. The van der Waals surface area contributed by atoms with Crippen molar-refractivity contribution >= 4 is 11.9 Å². The van der Waals surface area contributed by atoms with Crippen LogP contribution in [0.25, 0.3) is 0 Å². The summed E-state index contributed by atoms with van der Waals surface area (Å²) in [6, 6.07) is -1.09. The highest BCUT2D eigenvalue weighted by Crippen LogP contribution is 2.23. The third-order valence-corrected chi connectivity index (χ3v) is 2.96. The number of aliphatic hydroxyl groups excluding tert-OH is 3. The van der Waals surface area contributed by atoms with Gasteiger partial charge < -0.3 is 30.1 Å². The van der Waals surface area contributed by atoms with E-state index in [0.717, 1.165) is 0 Å². The van der Waals surface area contributed by atoms with Gasteiger partial charge in [-0.3, -0.25) is 9.59 Å². The van der Waals surface area contributed by atoms with Crippen LogP contribution in [0.4, 0.5) is 0 Å². The van der Waals surface area contributed by atoms with Crippen molar-refractivity contribution in [2.45, 2.75) is 57.3 Å². The van der Waals surface area contributed by atoms with Crippen molar-refractivity contribution in [2.24, 2.45) is 0 Å². The maximum absolute atomic E-state index is 11.6. The molecule has 20 heavy (non-hydrogen) atoms. The Morgan fingerprint density at radius 1 is 1.35 bits per heavy atom.